The molecule has 7 heteroatoms. The van der Waals surface area contributed by atoms with Gasteiger partial charge < -0.3 is 19.2 Å². The summed E-state index contributed by atoms with van der Waals surface area (Å²) in [7, 11) is 1.59. The third-order valence-electron chi connectivity index (χ3n) is 3.85. The maximum absolute atomic E-state index is 12.5. The Labute approximate surface area is 166 Å². The van der Waals surface area contributed by atoms with E-state index in [2.05, 4.69) is 5.32 Å². The molecule has 2 aromatic heterocycles. The first kappa shape index (κ1) is 19.4. The van der Waals surface area contributed by atoms with Crippen molar-refractivity contribution in [2.24, 2.45) is 0 Å². The number of ether oxygens (including phenoxy) is 2. The zero-order valence-electron chi connectivity index (χ0n) is 15.4. The first-order chi connectivity index (χ1) is 13.6. The second kappa shape index (κ2) is 9.05. The largest absolute Gasteiger partial charge is 0.497 e. The Balaban J connectivity index is 1.88. The molecule has 144 valence electrons. The summed E-state index contributed by atoms with van der Waals surface area (Å²) in [4.78, 5) is 24.8. The summed E-state index contributed by atoms with van der Waals surface area (Å²) >= 11 is 1.27. The van der Waals surface area contributed by atoms with E-state index < -0.39 is 5.97 Å². The Morgan fingerprint density at radius 1 is 1.21 bits per heavy atom. The van der Waals surface area contributed by atoms with Crippen LogP contribution in [0.15, 0.2) is 58.5 Å². The molecule has 0 aliphatic heterocycles. The topological polar surface area (TPSA) is 77.8 Å². The van der Waals surface area contributed by atoms with Crippen molar-refractivity contribution in [3.63, 3.8) is 0 Å². The maximum atomic E-state index is 12.5. The molecule has 0 saturated carbocycles. The molecule has 0 aliphatic carbocycles. The van der Waals surface area contributed by atoms with Gasteiger partial charge in [-0.3, -0.25) is 4.79 Å². The van der Waals surface area contributed by atoms with Crippen molar-refractivity contribution in [3.8, 4) is 16.9 Å². The van der Waals surface area contributed by atoms with Crippen molar-refractivity contribution >= 4 is 34.3 Å². The fourth-order valence-corrected chi connectivity index (χ4v) is 3.50. The average Bonchev–Trinajstić information content (AvgIpc) is 3.36. The van der Waals surface area contributed by atoms with Gasteiger partial charge in [0.15, 0.2) is 0 Å². The molecular weight excluding hydrogens is 378 g/mol. The summed E-state index contributed by atoms with van der Waals surface area (Å²) in [5.74, 6) is 0.420. The highest BCUT2D eigenvalue weighted by Gasteiger charge is 2.22. The number of hydrogen-bond acceptors (Lipinski definition) is 6. The molecule has 0 atom stereocenters. The van der Waals surface area contributed by atoms with Crippen molar-refractivity contribution in [2.75, 3.05) is 19.0 Å². The Morgan fingerprint density at radius 3 is 2.64 bits per heavy atom. The Hall–Kier alpha value is -3.32. The van der Waals surface area contributed by atoms with Crippen molar-refractivity contribution in [3.05, 3.63) is 65.4 Å². The van der Waals surface area contributed by atoms with Gasteiger partial charge in [0.1, 0.15) is 22.1 Å². The second-order valence-corrected chi connectivity index (χ2v) is 6.52. The molecule has 2 heterocycles. The standard InChI is InChI=1S/C21H19NO5S/c1-3-26-21(24)19-17(14-6-8-15(25-2)9-7-14)13-28-20(19)22-18(23)11-10-16-5-4-12-27-16/h4-13H,3H2,1-2H3,(H,22,23)/b11-10+. The Bertz CT molecular complexity index is 971. The van der Waals surface area contributed by atoms with Crippen LogP contribution < -0.4 is 10.1 Å². The quantitative estimate of drug-likeness (QED) is 0.456. The lowest BCUT2D eigenvalue weighted by molar-refractivity contribution is -0.111. The van der Waals surface area contributed by atoms with Gasteiger partial charge in [0.2, 0.25) is 5.91 Å². The van der Waals surface area contributed by atoms with Crippen LogP contribution in [0.5, 0.6) is 5.75 Å². The van der Waals surface area contributed by atoms with Crippen LogP contribution in [-0.4, -0.2) is 25.6 Å². The molecule has 0 saturated heterocycles. The van der Waals surface area contributed by atoms with E-state index in [1.165, 1.54) is 23.7 Å². The zero-order chi connectivity index (χ0) is 19.9. The number of esters is 1. The monoisotopic (exact) mass is 397 g/mol. The molecule has 0 radical (unpaired) electrons. The predicted octanol–water partition coefficient (Wildman–Crippen LogP) is 4.85. The summed E-state index contributed by atoms with van der Waals surface area (Å²) in [6.45, 7) is 1.98. The third kappa shape index (κ3) is 4.50. The molecule has 1 aromatic carbocycles. The summed E-state index contributed by atoms with van der Waals surface area (Å²) < 4.78 is 15.5. The number of hydrogen-bond donors (Lipinski definition) is 1. The number of thiophene rings is 1. The first-order valence-corrected chi connectivity index (χ1v) is 9.46. The lowest BCUT2D eigenvalue weighted by Crippen LogP contribution is -2.12. The first-order valence-electron chi connectivity index (χ1n) is 8.58. The minimum atomic E-state index is -0.486. The normalized spacial score (nSPS) is 10.8. The van der Waals surface area contributed by atoms with E-state index in [4.69, 9.17) is 13.9 Å². The molecule has 1 N–H and O–H groups in total. The highest BCUT2D eigenvalue weighted by Crippen LogP contribution is 2.36. The summed E-state index contributed by atoms with van der Waals surface area (Å²) in [6.07, 6.45) is 4.43. The van der Waals surface area contributed by atoms with Gasteiger partial charge in [-0.25, -0.2) is 4.79 Å². The van der Waals surface area contributed by atoms with Crippen LogP contribution in [-0.2, 0) is 9.53 Å². The van der Waals surface area contributed by atoms with Gasteiger partial charge in [0.25, 0.3) is 0 Å². The van der Waals surface area contributed by atoms with E-state index in [9.17, 15) is 9.59 Å². The van der Waals surface area contributed by atoms with Crippen LogP contribution in [0, 0.1) is 0 Å². The molecule has 0 spiro atoms. The van der Waals surface area contributed by atoms with Crippen LogP contribution in [0.4, 0.5) is 5.00 Å². The third-order valence-corrected chi connectivity index (χ3v) is 4.75. The number of nitrogens with one attached hydrogen (secondary N) is 1. The van der Waals surface area contributed by atoms with Crippen molar-refractivity contribution in [1.82, 2.24) is 0 Å². The van der Waals surface area contributed by atoms with E-state index in [1.807, 2.05) is 29.6 Å². The van der Waals surface area contributed by atoms with Gasteiger partial charge in [0, 0.05) is 17.0 Å². The Kier molecular flexibility index (Phi) is 6.29. The average molecular weight is 397 g/mol. The zero-order valence-corrected chi connectivity index (χ0v) is 16.2. The van der Waals surface area contributed by atoms with Crippen LogP contribution in [0.3, 0.4) is 0 Å². The maximum Gasteiger partial charge on any atom is 0.341 e. The summed E-state index contributed by atoms with van der Waals surface area (Å²) in [5.41, 5.74) is 1.85. The minimum Gasteiger partial charge on any atom is -0.497 e. The van der Waals surface area contributed by atoms with Crippen molar-refractivity contribution < 1.29 is 23.5 Å². The molecule has 28 heavy (non-hydrogen) atoms. The van der Waals surface area contributed by atoms with E-state index >= 15 is 0 Å². The number of carbonyl (C=O) groups excluding carboxylic acids is 2. The van der Waals surface area contributed by atoms with Gasteiger partial charge in [-0.15, -0.1) is 11.3 Å². The molecule has 3 rings (SSSR count). The fourth-order valence-electron chi connectivity index (χ4n) is 2.54. The highest BCUT2D eigenvalue weighted by atomic mass is 32.1. The van der Waals surface area contributed by atoms with Gasteiger partial charge >= 0.3 is 5.97 Å². The smallest absolute Gasteiger partial charge is 0.341 e. The van der Waals surface area contributed by atoms with Crippen molar-refractivity contribution in [1.29, 1.82) is 0 Å². The molecule has 3 aromatic rings. The minimum absolute atomic E-state index is 0.239. The molecule has 0 aliphatic rings. The van der Waals surface area contributed by atoms with Crippen LogP contribution in [0.1, 0.15) is 23.0 Å². The molecule has 0 bridgehead atoms. The highest BCUT2D eigenvalue weighted by molar-refractivity contribution is 7.15. The SMILES string of the molecule is CCOC(=O)c1c(-c2ccc(OC)cc2)csc1NC(=O)/C=C/c1ccco1. The van der Waals surface area contributed by atoms with E-state index in [1.54, 1.807) is 32.2 Å². The van der Waals surface area contributed by atoms with Gasteiger partial charge in [-0.05, 0) is 42.8 Å². The molecule has 6 nitrogen and oxygen atoms in total. The number of carbonyl (C=O) groups is 2. The fraction of sp³-hybridized carbons (Fsp3) is 0.143. The van der Waals surface area contributed by atoms with Crippen LogP contribution >= 0.6 is 11.3 Å². The van der Waals surface area contributed by atoms with Gasteiger partial charge in [-0.1, -0.05) is 12.1 Å². The lowest BCUT2D eigenvalue weighted by Gasteiger charge is -2.08. The molecule has 0 unspecified atom stereocenters. The number of furan rings is 1. The van der Waals surface area contributed by atoms with E-state index in [-0.39, 0.29) is 12.5 Å². The van der Waals surface area contributed by atoms with Gasteiger partial charge in [0.05, 0.1) is 20.0 Å². The molecular formula is C21H19NO5S. The number of rotatable bonds is 7. The van der Waals surface area contributed by atoms with Gasteiger partial charge in [-0.2, -0.15) is 0 Å². The second-order valence-electron chi connectivity index (χ2n) is 5.64. The number of benzene rings is 1. The number of methoxy groups -OCH3 is 1. The number of anilines is 1. The van der Waals surface area contributed by atoms with E-state index in [0.717, 1.165) is 5.56 Å². The molecule has 1 amide bonds. The van der Waals surface area contributed by atoms with E-state index in [0.29, 0.717) is 27.6 Å². The summed E-state index contributed by atoms with van der Waals surface area (Å²) in [5, 5.41) is 5.00. The van der Waals surface area contributed by atoms with Crippen molar-refractivity contribution in [2.45, 2.75) is 6.92 Å². The Morgan fingerprint density at radius 2 is 2.00 bits per heavy atom. The lowest BCUT2D eigenvalue weighted by atomic mass is 10.0. The van der Waals surface area contributed by atoms with Crippen LogP contribution in [0.2, 0.25) is 0 Å². The number of amides is 1. The van der Waals surface area contributed by atoms with Crippen LogP contribution in [0.25, 0.3) is 17.2 Å². The molecule has 0 fully saturated rings. The predicted molar refractivity (Wildman–Crippen MR) is 109 cm³/mol. The summed E-state index contributed by atoms with van der Waals surface area (Å²) in [6, 6.07) is 10.8.